The molecular formula is C22H25N3O8. The van der Waals surface area contributed by atoms with E-state index in [-0.39, 0.29) is 23.1 Å². The molecule has 33 heavy (non-hydrogen) atoms. The molecule has 0 saturated carbocycles. The van der Waals surface area contributed by atoms with Gasteiger partial charge in [0.25, 0.3) is 11.6 Å². The third-order valence-electron chi connectivity index (χ3n) is 4.79. The molecule has 0 atom stereocenters. The monoisotopic (exact) mass is 459 g/mol. The molecule has 0 aliphatic carbocycles. The maximum atomic E-state index is 12.3. The molecule has 0 bridgehead atoms. The maximum Gasteiger partial charge on any atom is 0.414 e. The maximum absolute atomic E-state index is 12.3. The van der Waals surface area contributed by atoms with Gasteiger partial charge in [-0.25, -0.2) is 9.59 Å². The molecule has 1 heterocycles. The Balaban J connectivity index is 0.000000569. The van der Waals surface area contributed by atoms with Gasteiger partial charge in [-0.1, -0.05) is 24.3 Å². The van der Waals surface area contributed by atoms with Crippen LogP contribution in [0.2, 0.25) is 0 Å². The normalized spacial score (nSPS) is 13.4. The number of carboxylic acids is 2. The van der Waals surface area contributed by atoms with Crippen molar-refractivity contribution >= 4 is 23.5 Å². The van der Waals surface area contributed by atoms with E-state index in [0.717, 1.165) is 24.2 Å². The summed E-state index contributed by atoms with van der Waals surface area (Å²) in [5, 5.41) is 25.7. The highest BCUT2D eigenvalue weighted by Crippen LogP contribution is 2.16. The van der Waals surface area contributed by atoms with Gasteiger partial charge in [-0.15, -0.1) is 0 Å². The lowest BCUT2D eigenvalue weighted by Crippen LogP contribution is -2.49. The summed E-state index contributed by atoms with van der Waals surface area (Å²) in [7, 11) is 0. The van der Waals surface area contributed by atoms with E-state index in [9.17, 15) is 14.9 Å². The Morgan fingerprint density at radius 2 is 1.64 bits per heavy atom. The summed E-state index contributed by atoms with van der Waals surface area (Å²) in [6.07, 6.45) is 0. The molecule has 2 aromatic carbocycles. The highest BCUT2D eigenvalue weighted by Gasteiger charge is 2.21. The van der Waals surface area contributed by atoms with Crippen molar-refractivity contribution in [3.63, 3.8) is 0 Å². The van der Waals surface area contributed by atoms with Crippen molar-refractivity contribution < 1.29 is 34.3 Å². The van der Waals surface area contributed by atoms with Crippen LogP contribution in [0.3, 0.4) is 0 Å². The first-order chi connectivity index (χ1) is 15.7. The summed E-state index contributed by atoms with van der Waals surface area (Å²) >= 11 is 0. The van der Waals surface area contributed by atoms with Crippen LogP contribution in [-0.2, 0) is 20.9 Å². The number of nitro groups is 1. The number of aliphatic carboxylic acids is 2. The topological polar surface area (TPSA) is 151 Å². The number of carbonyl (C=O) groups excluding carboxylic acids is 1. The number of carbonyl (C=O) groups is 3. The van der Waals surface area contributed by atoms with E-state index in [1.165, 1.54) is 6.07 Å². The number of carboxylic acid groups (broad SMARTS) is 2. The molecule has 2 N–H and O–H groups in total. The quantitative estimate of drug-likeness (QED) is 0.374. The fraction of sp³-hybridized carbons (Fsp3) is 0.318. The van der Waals surface area contributed by atoms with Gasteiger partial charge in [0.2, 0.25) is 0 Å². The zero-order chi connectivity index (χ0) is 24.4. The summed E-state index contributed by atoms with van der Waals surface area (Å²) in [6.45, 7) is 5.39. The second kappa shape index (κ2) is 12.2. The van der Waals surface area contributed by atoms with Crippen LogP contribution in [-0.4, -0.2) is 75.6 Å². The summed E-state index contributed by atoms with van der Waals surface area (Å²) in [6, 6.07) is 14.3. The lowest BCUT2D eigenvalue weighted by atomic mass is 10.1. The largest absolute Gasteiger partial charge is 0.484 e. The van der Waals surface area contributed by atoms with Gasteiger partial charge in [0.05, 0.1) is 4.92 Å². The van der Waals surface area contributed by atoms with Crippen molar-refractivity contribution in [3.8, 4) is 5.75 Å². The van der Waals surface area contributed by atoms with Crippen molar-refractivity contribution in [3.05, 3.63) is 69.8 Å². The number of hydrogen-bond donors (Lipinski definition) is 2. The molecule has 1 saturated heterocycles. The lowest BCUT2D eigenvalue weighted by molar-refractivity contribution is -0.384. The second-order valence-corrected chi connectivity index (χ2v) is 7.30. The first-order valence-electron chi connectivity index (χ1n) is 10.0. The van der Waals surface area contributed by atoms with E-state index < -0.39 is 11.9 Å². The number of non-ortho nitro benzene ring substituents is 1. The predicted octanol–water partition coefficient (Wildman–Crippen LogP) is 1.78. The van der Waals surface area contributed by atoms with Crippen LogP contribution < -0.4 is 4.74 Å². The van der Waals surface area contributed by atoms with Gasteiger partial charge in [-0.2, -0.15) is 0 Å². The molecule has 11 heteroatoms. The lowest BCUT2D eigenvalue weighted by Gasteiger charge is -2.34. The minimum atomic E-state index is -1.82. The van der Waals surface area contributed by atoms with Gasteiger partial charge in [-0.05, 0) is 30.2 Å². The number of piperazine rings is 1. The smallest absolute Gasteiger partial charge is 0.414 e. The Hall–Kier alpha value is -3.99. The highest BCUT2D eigenvalue weighted by molar-refractivity contribution is 6.27. The van der Waals surface area contributed by atoms with Gasteiger partial charge in [0.15, 0.2) is 6.61 Å². The van der Waals surface area contributed by atoms with Gasteiger partial charge in [0, 0.05) is 44.9 Å². The van der Waals surface area contributed by atoms with Crippen LogP contribution in [0.1, 0.15) is 11.1 Å². The average molecular weight is 459 g/mol. The molecule has 1 amide bonds. The molecule has 0 radical (unpaired) electrons. The van der Waals surface area contributed by atoms with Gasteiger partial charge >= 0.3 is 11.9 Å². The van der Waals surface area contributed by atoms with Crippen LogP contribution >= 0.6 is 0 Å². The number of nitrogens with zero attached hydrogens (tertiary/aromatic N) is 3. The number of rotatable bonds is 6. The van der Waals surface area contributed by atoms with E-state index in [4.69, 9.17) is 24.5 Å². The predicted molar refractivity (Wildman–Crippen MR) is 117 cm³/mol. The van der Waals surface area contributed by atoms with Crippen LogP contribution in [0.25, 0.3) is 0 Å². The van der Waals surface area contributed by atoms with Crippen LogP contribution in [0.4, 0.5) is 5.69 Å². The summed E-state index contributed by atoms with van der Waals surface area (Å²) in [5.41, 5.74) is 2.11. The average Bonchev–Trinajstić information content (AvgIpc) is 2.78. The molecule has 0 aromatic heterocycles. The van der Waals surface area contributed by atoms with Crippen molar-refractivity contribution in [2.75, 3.05) is 32.8 Å². The van der Waals surface area contributed by atoms with Crippen molar-refractivity contribution in [1.29, 1.82) is 0 Å². The van der Waals surface area contributed by atoms with Gasteiger partial charge < -0.3 is 19.8 Å². The molecule has 0 spiro atoms. The number of hydrogen-bond acceptors (Lipinski definition) is 7. The SMILES string of the molecule is Cc1cccc(OCC(=O)N2CCN(Cc3cccc([N+](=O)[O-])c3)CC2)c1.O=C(O)C(=O)O. The fourth-order valence-corrected chi connectivity index (χ4v) is 3.12. The zero-order valence-corrected chi connectivity index (χ0v) is 18.0. The van der Waals surface area contributed by atoms with Crippen molar-refractivity contribution in [2.24, 2.45) is 0 Å². The minimum absolute atomic E-state index is 0.0218. The summed E-state index contributed by atoms with van der Waals surface area (Å²) < 4.78 is 5.59. The van der Waals surface area contributed by atoms with Gasteiger partial charge in [-0.3, -0.25) is 19.8 Å². The molecule has 3 rings (SSSR count). The Morgan fingerprint density at radius 1 is 1.00 bits per heavy atom. The Kier molecular flexibility index (Phi) is 9.30. The Morgan fingerprint density at radius 3 is 2.21 bits per heavy atom. The number of nitro benzene ring substituents is 1. The molecule has 2 aromatic rings. The third kappa shape index (κ3) is 8.57. The number of ether oxygens (including phenoxy) is 1. The van der Waals surface area contributed by atoms with Crippen LogP contribution in [0.5, 0.6) is 5.75 Å². The zero-order valence-electron chi connectivity index (χ0n) is 18.0. The Bertz CT molecular complexity index is 991. The molecule has 176 valence electrons. The minimum Gasteiger partial charge on any atom is -0.484 e. The summed E-state index contributed by atoms with van der Waals surface area (Å²) in [5.74, 6) is -2.97. The fourth-order valence-electron chi connectivity index (χ4n) is 3.12. The summed E-state index contributed by atoms with van der Waals surface area (Å²) in [4.78, 5) is 45.1. The second-order valence-electron chi connectivity index (χ2n) is 7.30. The first kappa shape index (κ1) is 25.3. The molecular weight excluding hydrogens is 434 g/mol. The molecule has 11 nitrogen and oxygen atoms in total. The molecule has 1 aliphatic rings. The van der Waals surface area contributed by atoms with E-state index in [1.54, 1.807) is 17.0 Å². The highest BCUT2D eigenvalue weighted by atomic mass is 16.6. The van der Waals surface area contributed by atoms with E-state index in [1.807, 2.05) is 37.3 Å². The van der Waals surface area contributed by atoms with E-state index in [2.05, 4.69) is 4.90 Å². The number of aryl methyl sites for hydroxylation is 1. The van der Waals surface area contributed by atoms with Crippen LogP contribution in [0.15, 0.2) is 48.5 Å². The molecule has 0 unspecified atom stereocenters. The first-order valence-corrected chi connectivity index (χ1v) is 10.0. The standard InChI is InChI=1S/C20H23N3O4.C2H2O4/c1-16-4-2-7-19(12-16)27-15-20(24)22-10-8-21(9-11-22)14-17-5-3-6-18(13-17)23(25)26;3-1(4)2(5)6/h2-7,12-13H,8-11,14-15H2,1H3;(H,3,4)(H,5,6). The van der Waals surface area contributed by atoms with E-state index >= 15 is 0 Å². The van der Waals surface area contributed by atoms with Crippen LogP contribution in [0, 0.1) is 17.0 Å². The molecule has 1 fully saturated rings. The van der Waals surface area contributed by atoms with Gasteiger partial charge in [0.1, 0.15) is 5.75 Å². The van der Waals surface area contributed by atoms with E-state index in [0.29, 0.717) is 25.4 Å². The van der Waals surface area contributed by atoms with Crippen molar-refractivity contribution in [2.45, 2.75) is 13.5 Å². The third-order valence-corrected chi connectivity index (χ3v) is 4.79. The molecule has 1 aliphatic heterocycles. The number of benzene rings is 2. The van der Waals surface area contributed by atoms with Crippen molar-refractivity contribution in [1.82, 2.24) is 9.80 Å². The number of amides is 1. The Labute approximate surface area is 189 Å².